The number of hydrogen-bond donors (Lipinski definition) is 1. The molecule has 124 valence electrons. The van der Waals surface area contributed by atoms with Crippen molar-refractivity contribution in [1.29, 1.82) is 0 Å². The summed E-state index contributed by atoms with van der Waals surface area (Å²) in [6, 6.07) is 0. The van der Waals surface area contributed by atoms with Crippen LogP contribution in [0.25, 0.3) is 0 Å². The summed E-state index contributed by atoms with van der Waals surface area (Å²) in [5.41, 5.74) is 0.966. The van der Waals surface area contributed by atoms with E-state index in [9.17, 15) is 8.42 Å². The molecule has 0 aliphatic carbocycles. The molecule has 8 heteroatoms. The molecule has 0 saturated carbocycles. The Bertz CT molecular complexity index is 573. The molecule has 0 aromatic carbocycles. The van der Waals surface area contributed by atoms with E-state index in [1.807, 2.05) is 7.05 Å². The molecule has 0 spiro atoms. The van der Waals surface area contributed by atoms with Crippen LogP contribution < -0.4 is 5.32 Å². The molecule has 1 fully saturated rings. The van der Waals surface area contributed by atoms with Gasteiger partial charge in [0.1, 0.15) is 5.82 Å². The van der Waals surface area contributed by atoms with Crippen molar-refractivity contribution in [2.75, 3.05) is 39.5 Å². The SMILES string of the molecule is CNc1cnc(C[C@H]2CCCN(S(=O)(=O)N(C)C)CC2)cn1. The summed E-state index contributed by atoms with van der Waals surface area (Å²) in [5.74, 6) is 1.21. The Morgan fingerprint density at radius 1 is 1.27 bits per heavy atom. The van der Waals surface area contributed by atoms with Crippen molar-refractivity contribution in [2.45, 2.75) is 25.7 Å². The van der Waals surface area contributed by atoms with Crippen molar-refractivity contribution in [1.82, 2.24) is 18.6 Å². The molecule has 1 atom stereocenters. The number of anilines is 1. The van der Waals surface area contributed by atoms with E-state index in [0.29, 0.717) is 19.0 Å². The number of aromatic nitrogens is 2. The standard InChI is InChI=1S/C14H25N5O2S/c1-15-14-11-16-13(10-17-14)9-12-5-4-7-19(8-6-12)22(20,21)18(2)3/h10-12H,4-9H2,1-3H3,(H,15,17)/t12-/m0/s1. The van der Waals surface area contributed by atoms with Gasteiger partial charge in [-0.1, -0.05) is 0 Å². The summed E-state index contributed by atoms with van der Waals surface area (Å²) in [6.45, 7) is 1.18. The molecule has 1 aliphatic heterocycles. The molecule has 2 rings (SSSR count). The summed E-state index contributed by atoms with van der Waals surface area (Å²) >= 11 is 0. The molecule has 0 amide bonds. The Hall–Kier alpha value is -1.25. The highest BCUT2D eigenvalue weighted by Gasteiger charge is 2.27. The molecule has 1 aromatic rings. The van der Waals surface area contributed by atoms with Crippen molar-refractivity contribution in [3.8, 4) is 0 Å². The maximum absolute atomic E-state index is 12.2. The third-order valence-corrected chi connectivity index (χ3v) is 5.99. The van der Waals surface area contributed by atoms with Crippen molar-refractivity contribution >= 4 is 16.0 Å². The fraction of sp³-hybridized carbons (Fsp3) is 0.714. The first-order valence-corrected chi connectivity index (χ1v) is 8.99. The lowest BCUT2D eigenvalue weighted by Crippen LogP contribution is -2.40. The molecule has 22 heavy (non-hydrogen) atoms. The van der Waals surface area contributed by atoms with Crippen LogP contribution in [-0.4, -0.2) is 61.2 Å². The van der Waals surface area contributed by atoms with Gasteiger partial charge in [-0.15, -0.1) is 0 Å². The molecular weight excluding hydrogens is 302 g/mol. The quantitative estimate of drug-likeness (QED) is 0.872. The summed E-state index contributed by atoms with van der Waals surface area (Å²) < 4.78 is 27.3. The largest absolute Gasteiger partial charge is 0.372 e. The molecule has 0 radical (unpaired) electrons. The summed E-state index contributed by atoms with van der Waals surface area (Å²) in [7, 11) is 1.68. The zero-order chi connectivity index (χ0) is 16.2. The number of rotatable bonds is 5. The minimum Gasteiger partial charge on any atom is -0.372 e. The van der Waals surface area contributed by atoms with Gasteiger partial charge in [-0.3, -0.25) is 4.98 Å². The Morgan fingerprint density at radius 3 is 2.64 bits per heavy atom. The lowest BCUT2D eigenvalue weighted by molar-refractivity contribution is 0.376. The predicted molar refractivity (Wildman–Crippen MR) is 86.8 cm³/mol. The Balaban J connectivity index is 1.95. The molecule has 0 unspecified atom stereocenters. The molecule has 1 aromatic heterocycles. The average Bonchev–Trinajstić information content (AvgIpc) is 2.74. The molecule has 7 nitrogen and oxygen atoms in total. The van der Waals surface area contributed by atoms with Crippen LogP contribution >= 0.6 is 0 Å². The van der Waals surface area contributed by atoms with E-state index in [4.69, 9.17) is 0 Å². The molecule has 1 aliphatic rings. The van der Waals surface area contributed by atoms with E-state index in [-0.39, 0.29) is 0 Å². The van der Waals surface area contributed by atoms with Crippen LogP contribution in [0.15, 0.2) is 12.4 Å². The second-order valence-corrected chi connectivity index (χ2v) is 7.98. The summed E-state index contributed by atoms with van der Waals surface area (Å²) in [4.78, 5) is 8.68. The van der Waals surface area contributed by atoms with E-state index >= 15 is 0 Å². The van der Waals surface area contributed by atoms with Gasteiger partial charge in [-0.2, -0.15) is 17.0 Å². The highest BCUT2D eigenvalue weighted by atomic mass is 32.2. The van der Waals surface area contributed by atoms with E-state index in [1.165, 1.54) is 4.31 Å². The van der Waals surface area contributed by atoms with Crippen molar-refractivity contribution in [2.24, 2.45) is 5.92 Å². The van der Waals surface area contributed by atoms with Crippen LogP contribution in [0.5, 0.6) is 0 Å². The third-order valence-electron chi connectivity index (χ3n) is 4.05. The van der Waals surface area contributed by atoms with Crippen LogP contribution in [0.3, 0.4) is 0 Å². The number of nitrogens with zero attached hydrogens (tertiary/aromatic N) is 4. The van der Waals surface area contributed by atoms with Crippen LogP contribution in [0.2, 0.25) is 0 Å². The Labute approximate surface area is 132 Å². The molecule has 2 heterocycles. The summed E-state index contributed by atoms with van der Waals surface area (Å²) in [5, 5.41) is 2.95. The van der Waals surface area contributed by atoms with Gasteiger partial charge < -0.3 is 5.32 Å². The first-order chi connectivity index (χ1) is 10.4. The Kier molecular flexibility index (Phi) is 5.71. The lowest BCUT2D eigenvalue weighted by Gasteiger charge is -2.23. The van der Waals surface area contributed by atoms with E-state index < -0.39 is 10.2 Å². The van der Waals surface area contributed by atoms with Gasteiger partial charge in [0, 0.05) is 34.2 Å². The van der Waals surface area contributed by atoms with Gasteiger partial charge in [0.05, 0.1) is 18.1 Å². The number of nitrogens with one attached hydrogen (secondary N) is 1. The zero-order valence-electron chi connectivity index (χ0n) is 13.5. The second-order valence-electron chi connectivity index (χ2n) is 5.83. The fourth-order valence-corrected chi connectivity index (χ4v) is 3.85. The van der Waals surface area contributed by atoms with Crippen LogP contribution in [0, 0.1) is 5.92 Å². The van der Waals surface area contributed by atoms with Crippen LogP contribution in [0.1, 0.15) is 25.0 Å². The molecule has 1 N–H and O–H groups in total. The molecule has 1 saturated heterocycles. The minimum atomic E-state index is -3.30. The van der Waals surface area contributed by atoms with Crippen molar-refractivity contribution in [3.05, 3.63) is 18.1 Å². The van der Waals surface area contributed by atoms with E-state index in [2.05, 4.69) is 15.3 Å². The first-order valence-electron chi connectivity index (χ1n) is 7.59. The Morgan fingerprint density at radius 2 is 2.05 bits per heavy atom. The van der Waals surface area contributed by atoms with Crippen LogP contribution in [-0.2, 0) is 16.6 Å². The smallest absolute Gasteiger partial charge is 0.281 e. The van der Waals surface area contributed by atoms with Gasteiger partial charge in [0.25, 0.3) is 10.2 Å². The third kappa shape index (κ3) is 4.15. The average molecular weight is 327 g/mol. The molecule has 0 bridgehead atoms. The van der Waals surface area contributed by atoms with Gasteiger partial charge in [0.15, 0.2) is 0 Å². The monoisotopic (exact) mass is 327 g/mol. The van der Waals surface area contributed by atoms with E-state index in [0.717, 1.165) is 37.2 Å². The normalized spacial score (nSPS) is 20.8. The van der Waals surface area contributed by atoms with Gasteiger partial charge in [-0.25, -0.2) is 4.98 Å². The minimum absolute atomic E-state index is 0.456. The highest BCUT2D eigenvalue weighted by molar-refractivity contribution is 7.86. The molecular formula is C14H25N5O2S. The second kappa shape index (κ2) is 7.34. The first kappa shape index (κ1) is 17.1. The van der Waals surface area contributed by atoms with Crippen molar-refractivity contribution < 1.29 is 8.42 Å². The maximum atomic E-state index is 12.2. The topological polar surface area (TPSA) is 78.4 Å². The number of hydrogen-bond acceptors (Lipinski definition) is 5. The summed E-state index contributed by atoms with van der Waals surface area (Å²) in [6.07, 6.45) is 7.16. The van der Waals surface area contributed by atoms with Crippen molar-refractivity contribution in [3.63, 3.8) is 0 Å². The van der Waals surface area contributed by atoms with Gasteiger partial charge >= 0.3 is 0 Å². The van der Waals surface area contributed by atoms with E-state index in [1.54, 1.807) is 30.8 Å². The zero-order valence-corrected chi connectivity index (χ0v) is 14.3. The predicted octanol–water partition coefficient (Wildman–Crippen LogP) is 0.969. The van der Waals surface area contributed by atoms with Gasteiger partial charge in [-0.05, 0) is 31.6 Å². The van der Waals surface area contributed by atoms with Gasteiger partial charge in [0.2, 0.25) is 0 Å². The van der Waals surface area contributed by atoms with Crippen LogP contribution in [0.4, 0.5) is 5.82 Å². The maximum Gasteiger partial charge on any atom is 0.281 e. The highest BCUT2D eigenvalue weighted by Crippen LogP contribution is 2.23. The fourth-order valence-electron chi connectivity index (χ4n) is 2.69. The lowest BCUT2D eigenvalue weighted by atomic mass is 9.95.